The Morgan fingerprint density at radius 1 is 0.621 bits per heavy atom. The summed E-state index contributed by atoms with van der Waals surface area (Å²) in [7, 11) is 0. The molecule has 5 rings (SSSR count). The molecule has 0 unspecified atom stereocenters. The molecule has 0 saturated carbocycles. The van der Waals surface area contributed by atoms with Crippen LogP contribution in [0.25, 0.3) is 32.7 Å². The minimum Gasteiger partial charge on any atom is -0.507 e. The normalized spacial score (nSPS) is 11.4. The maximum Gasteiger partial charge on any atom is 0.132 e. The van der Waals surface area contributed by atoms with E-state index in [1.54, 1.807) is 6.21 Å². The van der Waals surface area contributed by atoms with Gasteiger partial charge in [-0.25, -0.2) is 0 Å². The number of aliphatic imine (C=N–C) groups is 1. The lowest BCUT2D eigenvalue weighted by atomic mass is 9.91. The first-order chi connectivity index (χ1) is 14.3. The fourth-order valence-corrected chi connectivity index (χ4v) is 3.83. The third kappa shape index (κ3) is 3.15. The molecule has 0 aliphatic heterocycles. The molecule has 0 aliphatic rings. The molecule has 0 amide bonds. The molecule has 0 bridgehead atoms. The van der Waals surface area contributed by atoms with Gasteiger partial charge in [-0.2, -0.15) is 0 Å². The number of nitrogens with zero attached hydrogens (tertiary/aromatic N) is 1. The van der Waals surface area contributed by atoms with Gasteiger partial charge in [0.25, 0.3) is 0 Å². The van der Waals surface area contributed by atoms with Crippen molar-refractivity contribution in [3.8, 4) is 16.9 Å². The van der Waals surface area contributed by atoms with Crippen molar-refractivity contribution < 1.29 is 5.11 Å². The summed E-state index contributed by atoms with van der Waals surface area (Å²) in [5, 5.41) is 15.7. The molecule has 0 spiro atoms. The molecule has 2 heteroatoms. The molecule has 2 nitrogen and oxygen atoms in total. The summed E-state index contributed by atoms with van der Waals surface area (Å²) >= 11 is 0. The summed E-state index contributed by atoms with van der Waals surface area (Å²) in [5.41, 5.74) is 3.41. The maximum absolute atomic E-state index is 11.1. The highest BCUT2D eigenvalue weighted by Gasteiger charge is 2.14. The number of phenolic OH excluding ortho intramolecular Hbond substituents is 1. The van der Waals surface area contributed by atoms with Gasteiger partial charge >= 0.3 is 0 Å². The zero-order valence-electron chi connectivity index (χ0n) is 15.8. The number of para-hydroxylation sites is 2. The Morgan fingerprint density at radius 2 is 1.24 bits per heavy atom. The fourth-order valence-electron chi connectivity index (χ4n) is 3.83. The van der Waals surface area contributed by atoms with Crippen LogP contribution in [0, 0.1) is 0 Å². The first-order valence-electron chi connectivity index (χ1n) is 9.63. The SMILES string of the molecule is Oc1c(/C=N/c2ccccc2)cccc1-c1c2ccccc2cc2ccccc12. The highest BCUT2D eigenvalue weighted by Crippen LogP contribution is 2.41. The topological polar surface area (TPSA) is 32.6 Å². The van der Waals surface area contributed by atoms with Crippen molar-refractivity contribution >= 4 is 33.4 Å². The van der Waals surface area contributed by atoms with E-state index in [0.717, 1.165) is 38.4 Å². The van der Waals surface area contributed by atoms with Crippen molar-refractivity contribution in [2.75, 3.05) is 0 Å². The predicted octanol–water partition coefficient (Wildman–Crippen LogP) is 7.12. The van der Waals surface area contributed by atoms with Gasteiger partial charge in [0.15, 0.2) is 0 Å². The van der Waals surface area contributed by atoms with Crippen LogP contribution in [-0.2, 0) is 0 Å². The lowest BCUT2D eigenvalue weighted by Crippen LogP contribution is -1.89. The third-order valence-corrected chi connectivity index (χ3v) is 5.22. The largest absolute Gasteiger partial charge is 0.507 e. The van der Waals surface area contributed by atoms with Crippen molar-refractivity contribution in [2.24, 2.45) is 4.99 Å². The summed E-state index contributed by atoms with van der Waals surface area (Å²) < 4.78 is 0. The summed E-state index contributed by atoms with van der Waals surface area (Å²) in [4.78, 5) is 4.51. The number of rotatable bonds is 3. The van der Waals surface area contributed by atoms with Crippen molar-refractivity contribution in [3.05, 3.63) is 109 Å². The molecule has 0 atom stereocenters. The second kappa shape index (κ2) is 7.25. The van der Waals surface area contributed by atoms with E-state index in [0.29, 0.717) is 5.56 Å². The second-order valence-electron chi connectivity index (χ2n) is 7.03. The zero-order valence-corrected chi connectivity index (χ0v) is 15.8. The smallest absolute Gasteiger partial charge is 0.132 e. The summed E-state index contributed by atoms with van der Waals surface area (Å²) in [6.45, 7) is 0. The van der Waals surface area contributed by atoms with Gasteiger partial charge in [0.05, 0.1) is 5.69 Å². The third-order valence-electron chi connectivity index (χ3n) is 5.22. The molecule has 0 saturated heterocycles. The highest BCUT2D eigenvalue weighted by atomic mass is 16.3. The Morgan fingerprint density at radius 3 is 1.93 bits per heavy atom. The average Bonchev–Trinajstić information content (AvgIpc) is 2.78. The number of phenols is 1. The lowest BCUT2D eigenvalue weighted by molar-refractivity contribution is 0.476. The van der Waals surface area contributed by atoms with Crippen molar-refractivity contribution in [3.63, 3.8) is 0 Å². The van der Waals surface area contributed by atoms with Crippen LogP contribution >= 0.6 is 0 Å². The standard InChI is InChI=1S/C27H19NO/c29-27-21(18-28-22-12-2-1-3-13-22)11-8-16-25(27)26-23-14-6-4-9-19(23)17-20-10-5-7-15-24(20)26/h1-18,29H/b28-18+. The van der Waals surface area contributed by atoms with E-state index in [1.807, 2.05) is 72.8 Å². The van der Waals surface area contributed by atoms with Gasteiger partial charge in [0.2, 0.25) is 0 Å². The molecule has 0 heterocycles. The Bertz CT molecular complexity index is 1300. The van der Waals surface area contributed by atoms with Crippen LogP contribution < -0.4 is 0 Å². The van der Waals surface area contributed by atoms with Crippen LogP contribution in [0.2, 0.25) is 0 Å². The number of fused-ring (bicyclic) bond motifs is 2. The molecule has 5 aromatic rings. The maximum atomic E-state index is 11.1. The van der Waals surface area contributed by atoms with E-state index in [1.165, 1.54) is 0 Å². The van der Waals surface area contributed by atoms with Crippen LogP contribution in [0.15, 0.2) is 108 Å². The molecule has 5 aromatic carbocycles. The van der Waals surface area contributed by atoms with Crippen LogP contribution in [0.3, 0.4) is 0 Å². The molecular weight excluding hydrogens is 354 g/mol. The summed E-state index contributed by atoms with van der Waals surface area (Å²) in [6, 6.07) is 34.4. The molecule has 0 fully saturated rings. The fraction of sp³-hybridized carbons (Fsp3) is 0. The summed E-state index contributed by atoms with van der Waals surface area (Å²) in [5.74, 6) is 0.244. The first kappa shape index (κ1) is 17.2. The average molecular weight is 373 g/mol. The number of aromatic hydroxyl groups is 1. The molecule has 0 radical (unpaired) electrons. The molecule has 29 heavy (non-hydrogen) atoms. The van der Waals surface area contributed by atoms with Crippen LogP contribution in [-0.4, -0.2) is 11.3 Å². The first-order valence-corrected chi connectivity index (χ1v) is 9.63. The van der Waals surface area contributed by atoms with Crippen molar-refractivity contribution in [1.29, 1.82) is 0 Å². The quantitative estimate of drug-likeness (QED) is 0.265. The van der Waals surface area contributed by atoms with Crippen LogP contribution in [0.4, 0.5) is 5.69 Å². The molecular formula is C27H19NO. The Kier molecular flexibility index (Phi) is 4.30. The van der Waals surface area contributed by atoms with E-state index in [-0.39, 0.29) is 5.75 Å². The van der Waals surface area contributed by atoms with Gasteiger partial charge in [-0.05, 0) is 45.8 Å². The van der Waals surface area contributed by atoms with E-state index in [4.69, 9.17) is 0 Å². The van der Waals surface area contributed by atoms with Gasteiger partial charge in [-0.1, -0.05) is 78.9 Å². The molecule has 0 aliphatic carbocycles. The Labute approximate surface area is 169 Å². The molecule has 138 valence electrons. The van der Waals surface area contributed by atoms with Gasteiger partial charge in [-0.15, -0.1) is 0 Å². The summed E-state index contributed by atoms with van der Waals surface area (Å²) in [6.07, 6.45) is 1.72. The van der Waals surface area contributed by atoms with E-state index >= 15 is 0 Å². The van der Waals surface area contributed by atoms with Crippen molar-refractivity contribution in [1.82, 2.24) is 0 Å². The Hall–Kier alpha value is -3.91. The monoisotopic (exact) mass is 373 g/mol. The highest BCUT2D eigenvalue weighted by molar-refractivity contribution is 6.14. The van der Waals surface area contributed by atoms with Gasteiger partial charge in [-0.3, -0.25) is 4.99 Å². The lowest BCUT2D eigenvalue weighted by Gasteiger charge is -2.14. The minimum atomic E-state index is 0.244. The van der Waals surface area contributed by atoms with E-state index in [9.17, 15) is 5.11 Å². The predicted molar refractivity (Wildman–Crippen MR) is 122 cm³/mol. The van der Waals surface area contributed by atoms with E-state index in [2.05, 4.69) is 35.3 Å². The van der Waals surface area contributed by atoms with E-state index < -0.39 is 0 Å². The number of hydrogen-bond donors (Lipinski definition) is 1. The number of benzene rings is 5. The minimum absolute atomic E-state index is 0.244. The second-order valence-corrected chi connectivity index (χ2v) is 7.03. The molecule has 1 N–H and O–H groups in total. The van der Waals surface area contributed by atoms with Crippen LogP contribution in [0.5, 0.6) is 5.75 Å². The van der Waals surface area contributed by atoms with Gasteiger partial charge in [0, 0.05) is 22.9 Å². The molecule has 0 aromatic heterocycles. The number of hydrogen-bond acceptors (Lipinski definition) is 2. The van der Waals surface area contributed by atoms with Gasteiger partial charge < -0.3 is 5.11 Å². The Balaban J connectivity index is 1.74. The van der Waals surface area contributed by atoms with Crippen molar-refractivity contribution in [2.45, 2.75) is 0 Å². The van der Waals surface area contributed by atoms with Gasteiger partial charge in [0.1, 0.15) is 5.75 Å². The zero-order chi connectivity index (χ0) is 19.6. The van der Waals surface area contributed by atoms with Crippen LogP contribution in [0.1, 0.15) is 5.56 Å².